The molecule has 0 saturated carbocycles. The van der Waals surface area contributed by atoms with Gasteiger partial charge in [-0.15, -0.1) is 0 Å². The summed E-state index contributed by atoms with van der Waals surface area (Å²) in [5.41, 5.74) is 1.86. The molecule has 0 unspecified atom stereocenters. The Bertz CT molecular complexity index is 1210. The molecule has 0 heterocycles. The molecular weight excluding hydrogens is 442 g/mol. The van der Waals surface area contributed by atoms with Crippen LogP contribution in [0.2, 0.25) is 0 Å². The predicted octanol–water partition coefficient (Wildman–Crippen LogP) is 3.96. The van der Waals surface area contributed by atoms with Crippen LogP contribution in [0.4, 0.5) is 5.69 Å². The number of hydrogen-bond donors (Lipinski definition) is 3. The minimum atomic E-state index is -3.70. The first-order valence-electron chi connectivity index (χ1n) is 10.3. The quantitative estimate of drug-likeness (QED) is 0.393. The Morgan fingerprint density at radius 2 is 1.73 bits per heavy atom. The highest BCUT2D eigenvalue weighted by molar-refractivity contribution is 7.92. The average molecular weight is 468 g/mol. The van der Waals surface area contributed by atoms with Gasteiger partial charge in [-0.3, -0.25) is 9.52 Å². The number of ether oxygens (including phenoxy) is 1. The van der Waals surface area contributed by atoms with Gasteiger partial charge in [-0.2, -0.15) is 0 Å². The lowest BCUT2D eigenvalue weighted by molar-refractivity contribution is -0.136. The highest BCUT2D eigenvalue weighted by atomic mass is 32.2. The van der Waals surface area contributed by atoms with Gasteiger partial charge in [0.2, 0.25) is 0 Å². The molecule has 3 aromatic rings. The van der Waals surface area contributed by atoms with Crippen molar-refractivity contribution in [3.63, 3.8) is 0 Å². The van der Waals surface area contributed by atoms with Crippen LogP contribution in [0.5, 0.6) is 5.75 Å². The number of benzene rings is 3. The van der Waals surface area contributed by atoms with Crippen LogP contribution in [-0.2, 0) is 21.2 Å². The number of rotatable bonds is 11. The summed E-state index contributed by atoms with van der Waals surface area (Å²) in [4.78, 5) is 11.0. The molecule has 1 atom stereocenters. The maximum atomic E-state index is 12.5. The van der Waals surface area contributed by atoms with E-state index in [0.717, 1.165) is 5.56 Å². The molecule has 0 aliphatic heterocycles. The molecular formula is C25H25NO6S. The Hall–Kier alpha value is -3.62. The number of aliphatic hydroxyl groups excluding tert-OH is 1. The van der Waals surface area contributed by atoms with Gasteiger partial charge in [0.15, 0.2) is 0 Å². The van der Waals surface area contributed by atoms with Gasteiger partial charge < -0.3 is 14.9 Å². The lowest BCUT2D eigenvalue weighted by Crippen LogP contribution is -2.15. The summed E-state index contributed by atoms with van der Waals surface area (Å²) < 4.78 is 33.2. The summed E-state index contributed by atoms with van der Waals surface area (Å²) in [6, 6.07) is 22.0. The number of aliphatic carboxylic acids is 1. The normalized spacial score (nSPS) is 12.4. The van der Waals surface area contributed by atoms with E-state index in [0.29, 0.717) is 23.4 Å². The third-order valence-corrected chi connectivity index (χ3v) is 6.09. The second kappa shape index (κ2) is 11.3. The van der Waals surface area contributed by atoms with E-state index in [-0.39, 0.29) is 17.9 Å². The van der Waals surface area contributed by atoms with E-state index >= 15 is 0 Å². The van der Waals surface area contributed by atoms with Gasteiger partial charge in [0.25, 0.3) is 10.0 Å². The molecule has 3 rings (SSSR count). The summed E-state index contributed by atoms with van der Waals surface area (Å²) in [7, 11) is -3.70. The fraction of sp³-hybridized carbons (Fsp3) is 0.160. The number of nitrogens with one attached hydrogen (secondary N) is 1. The molecule has 0 radical (unpaired) electrons. The Labute approximate surface area is 193 Å². The molecule has 0 bridgehead atoms. The molecule has 0 spiro atoms. The van der Waals surface area contributed by atoms with Crippen molar-refractivity contribution < 1.29 is 28.2 Å². The number of carboxylic acids is 1. The van der Waals surface area contributed by atoms with E-state index < -0.39 is 22.1 Å². The summed E-state index contributed by atoms with van der Waals surface area (Å²) in [6.45, 7) is -0.0130. The van der Waals surface area contributed by atoms with Crippen LogP contribution < -0.4 is 9.46 Å². The zero-order chi connectivity index (χ0) is 23.7. The second-order valence-corrected chi connectivity index (χ2v) is 8.97. The Morgan fingerprint density at radius 1 is 1.00 bits per heavy atom. The van der Waals surface area contributed by atoms with Crippen molar-refractivity contribution in [2.24, 2.45) is 0 Å². The first-order chi connectivity index (χ1) is 15.8. The van der Waals surface area contributed by atoms with Gasteiger partial charge in [0, 0.05) is 12.1 Å². The zero-order valence-electron chi connectivity index (χ0n) is 17.8. The van der Waals surface area contributed by atoms with Gasteiger partial charge in [-0.1, -0.05) is 60.7 Å². The number of aliphatic hydroxyl groups is 1. The molecule has 33 heavy (non-hydrogen) atoms. The van der Waals surface area contributed by atoms with E-state index in [2.05, 4.69) is 4.72 Å². The zero-order valence-corrected chi connectivity index (χ0v) is 18.6. The van der Waals surface area contributed by atoms with E-state index in [1.807, 2.05) is 0 Å². The number of hydrogen-bond acceptors (Lipinski definition) is 5. The molecule has 0 aromatic heterocycles. The minimum absolute atomic E-state index is 0.00675. The molecule has 172 valence electrons. The maximum absolute atomic E-state index is 12.5. The summed E-state index contributed by atoms with van der Waals surface area (Å²) in [5.74, 6) is -0.357. The summed E-state index contributed by atoms with van der Waals surface area (Å²) in [6.07, 6.45) is 2.63. The molecule has 3 aromatic carbocycles. The molecule has 7 nitrogen and oxygen atoms in total. The Balaban J connectivity index is 1.60. The standard InChI is InChI=1S/C25H25NO6S/c27-22(18-32-24-12-5-4-8-20(24)14-16-25(28)29)15-13-19-7-6-9-21(17-19)26-33(30,31)23-10-2-1-3-11-23/h1-13,15,17,22,26-27H,14,16,18H2,(H,28,29)/b15-13+/t22-/m0/s1. The number of para-hydroxylation sites is 1. The molecule has 0 aliphatic rings. The highest BCUT2D eigenvalue weighted by Gasteiger charge is 2.13. The lowest BCUT2D eigenvalue weighted by atomic mass is 10.1. The van der Waals surface area contributed by atoms with E-state index in [1.165, 1.54) is 12.1 Å². The van der Waals surface area contributed by atoms with Crippen molar-refractivity contribution in [3.8, 4) is 5.75 Å². The highest BCUT2D eigenvalue weighted by Crippen LogP contribution is 2.21. The third-order valence-electron chi connectivity index (χ3n) is 4.69. The third kappa shape index (κ3) is 7.48. The SMILES string of the molecule is O=C(O)CCc1ccccc1OC[C@@H](O)/C=C/c1cccc(NS(=O)(=O)c2ccccc2)c1. The van der Waals surface area contributed by atoms with Crippen molar-refractivity contribution in [1.82, 2.24) is 0 Å². The molecule has 0 saturated heterocycles. The Kier molecular flexibility index (Phi) is 8.23. The largest absolute Gasteiger partial charge is 0.490 e. The Morgan fingerprint density at radius 3 is 2.48 bits per heavy atom. The van der Waals surface area contributed by atoms with Gasteiger partial charge in [-0.05, 0) is 47.9 Å². The smallest absolute Gasteiger partial charge is 0.303 e. The fourth-order valence-corrected chi connectivity index (χ4v) is 4.14. The predicted molar refractivity (Wildman–Crippen MR) is 127 cm³/mol. The van der Waals surface area contributed by atoms with Gasteiger partial charge in [0.1, 0.15) is 18.5 Å². The van der Waals surface area contributed by atoms with Crippen molar-refractivity contribution in [3.05, 3.63) is 96.1 Å². The monoisotopic (exact) mass is 467 g/mol. The molecule has 0 amide bonds. The summed E-state index contributed by atoms with van der Waals surface area (Å²) >= 11 is 0. The first-order valence-corrected chi connectivity index (χ1v) is 11.8. The fourth-order valence-electron chi connectivity index (χ4n) is 3.07. The van der Waals surface area contributed by atoms with Gasteiger partial charge in [-0.25, -0.2) is 8.42 Å². The van der Waals surface area contributed by atoms with Crippen molar-refractivity contribution in [2.75, 3.05) is 11.3 Å². The molecule has 0 aliphatic carbocycles. The van der Waals surface area contributed by atoms with Gasteiger partial charge >= 0.3 is 5.97 Å². The average Bonchev–Trinajstić information content (AvgIpc) is 2.81. The first kappa shape index (κ1) is 24.0. The van der Waals surface area contributed by atoms with Crippen LogP contribution in [0, 0.1) is 0 Å². The minimum Gasteiger partial charge on any atom is -0.490 e. The van der Waals surface area contributed by atoms with Crippen LogP contribution in [0.1, 0.15) is 17.5 Å². The number of carbonyl (C=O) groups is 1. The van der Waals surface area contributed by atoms with Crippen molar-refractivity contribution in [1.29, 1.82) is 0 Å². The van der Waals surface area contributed by atoms with E-state index in [9.17, 15) is 18.3 Å². The molecule has 8 heteroatoms. The van der Waals surface area contributed by atoms with Gasteiger partial charge in [0.05, 0.1) is 4.90 Å². The van der Waals surface area contributed by atoms with Crippen LogP contribution in [0.3, 0.4) is 0 Å². The van der Waals surface area contributed by atoms with Crippen LogP contribution in [-0.4, -0.2) is 37.3 Å². The molecule has 3 N–H and O–H groups in total. The van der Waals surface area contributed by atoms with E-state index in [1.54, 1.807) is 78.9 Å². The number of anilines is 1. The van der Waals surface area contributed by atoms with Crippen LogP contribution >= 0.6 is 0 Å². The topological polar surface area (TPSA) is 113 Å². The number of carboxylic acid groups (broad SMARTS) is 1. The second-order valence-electron chi connectivity index (χ2n) is 7.28. The number of aryl methyl sites for hydroxylation is 1. The van der Waals surface area contributed by atoms with Crippen molar-refractivity contribution >= 4 is 27.8 Å². The lowest BCUT2D eigenvalue weighted by Gasteiger charge is -2.13. The maximum Gasteiger partial charge on any atom is 0.303 e. The van der Waals surface area contributed by atoms with Crippen molar-refractivity contribution in [2.45, 2.75) is 23.8 Å². The van der Waals surface area contributed by atoms with Crippen LogP contribution in [0.25, 0.3) is 6.08 Å². The van der Waals surface area contributed by atoms with Crippen LogP contribution in [0.15, 0.2) is 89.8 Å². The molecule has 0 fully saturated rings. The summed E-state index contributed by atoms with van der Waals surface area (Å²) in [5, 5.41) is 19.1. The number of sulfonamides is 1. The van der Waals surface area contributed by atoms with E-state index in [4.69, 9.17) is 9.84 Å².